The molecule has 3 rings (SSSR count). The Bertz CT molecular complexity index is 751. The van der Waals surface area contributed by atoms with Crippen molar-refractivity contribution in [3.05, 3.63) is 59.9 Å². The SMILES string of the molecule is CCN(C[C@H]1CCCN(CCc2cccc(OC)c2)C1)C(=O)c1cccnc1. The average molecular weight is 382 g/mol. The summed E-state index contributed by atoms with van der Waals surface area (Å²) in [6, 6.07) is 12.0. The van der Waals surface area contributed by atoms with Crippen LogP contribution in [0.5, 0.6) is 5.75 Å². The molecule has 0 saturated carbocycles. The minimum absolute atomic E-state index is 0.0871. The Kier molecular flexibility index (Phi) is 7.43. The number of rotatable bonds is 8. The van der Waals surface area contributed by atoms with Gasteiger partial charge in [-0.05, 0) is 68.5 Å². The molecule has 0 unspecified atom stereocenters. The van der Waals surface area contributed by atoms with E-state index in [4.69, 9.17) is 4.74 Å². The molecule has 5 nitrogen and oxygen atoms in total. The van der Waals surface area contributed by atoms with Crippen molar-refractivity contribution in [1.82, 2.24) is 14.8 Å². The average Bonchev–Trinajstić information content (AvgIpc) is 2.76. The van der Waals surface area contributed by atoms with Crippen LogP contribution in [-0.4, -0.2) is 60.5 Å². The summed E-state index contributed by atoms with van der Waals surface area (Å²) in [5, 5.41) is 0. The van der Waals surface area contributed by atoms with Gasteiger partial charge in [0.15, 0.2) is 0 Å². The predicted octanol–water partition coefficient (Wildman–Crippen LogP) is 3.51. The van der Waals surface area contributed by atoms with Gasteiger partial charge in [0.1, 0.15) is 5.75 Å². The lowest BCUT2D eigenvalue weighted by Gasteiger charge is -2.35. The number of carbonyl (C=O) groups excluding carboxylic acids is 1. The largest absolute Gasteiger partial charge is 0.497 e. The molecule has 1 fully saturated rings. The quantitative estimate of drug-likeness (QED) is 0.702. The van der Waals surface area contributed by atoms with E-state index in [2.05, 4.69) is 35.0 Å². The van der Waals surface area contributed by atoms with E-state index < -0.39 is 0 Å². The lowest BCUT2D eigenvalue weighted by Crippen LogP contribution is -2.43. The van der Waals surface area contributed by atoms with E-state index in [1.807, 2.05) is 23.1 Å². The molecule has 0 bridgehead atoms. The number of carbonyl (C=O) groups is 1. The molecule has 2 aromatic rings. The van der Waals surface area contributed by atoms with Gasteiger partial charge in [-0.15, -0.1) is 0 Å². The zero-order valence-electron chi connectivity index (χ0n) is 17.0. The van der Waals surface area contributed by atoms with Gasteiger partial charge in [-0.3, -0.25) is 9.78 Å². The first-order valence-corrected chi connectivity index (χ1v) is 10.2. The van der Waals surface area contributed by atoms with Gasteiger partial charge in [-0.1, -0.05) is 12.1 Å². The molecule has 1 atom stereocenters. The lowest BCUT2D eigenvalue weighted by atomic mass is 9.96. The molecule has 1 aromatic carbocycles. The third-order valence-corrected chi connectivity index (χ3v) is 5.51. The molecule has 0 aliphatic carbocycles. The Balaban J connectivity index is 1.52. The minimum Gasteiger partial charge on any atom is -0.497 e. The Morgan fingerprint density at radius 3 is 2.96 bits per heavy atom. The fourth-order valence-electron chi connectivity index (χ4n) is 3.96. The Labute approximate surface area is 168 Å². The molecule has 1 saturated heterocycles. The molecule has 0 spiro atoms. The highest BCUT2D eigenvalue weighted by molar-refractivity contribution is 5.93. The second kappa shape index (κ2) is 10.2. The molecule has 5 heteroatoms. The van der Waals surface area contributed by atoms with Crippen LogP contribution >= 0.6 is 0 Å². The Morgan fingerprint density at radius 1 is 1.32 bits per heavy atom. The first-order valence-electron chi connectivity index (χ1n) is 10.2. The summed E-state index contributed by atoms with van der Waals surface area (Å²) < 4.78 is 5.32. The van der Waals surface area contributed by atoms with Gasteiger partial charge in [0.25, 0.3) is 5.91 Å². The number of hydrogen-bond donors (Lipinski definition) is 0. The van der Waals surface area contributed by atoms with Crippen molar-refractivity contribution in [2.45, 2.75) is 26.2 Å². The summed E-state index contributed by atoms with van der Waals surface area (Å²) in [6.07, 6.45) is 6.77. The molecule has 0 radical (unpaired) electrons. The van der Waals surface area contributed by atoms with Gasteiger partial charge in [-0.25, -0.2) is 0 Å². The van der Waals surface area contributed by atoms with Crippen LogP contribution in [0.25, 0.3) is 0 Å². The normalized spacial score (nSPS) is 17.3. The van der Waals surface area contributed by atoms with Gasteiger partial charge >= 0.3 is 0 Å². The van der Waals surface area contributed by atoms with E-state index in [-0.39, 0.29) is 5.91 Å². The second-order valence-corrected chi connectivity index (χ2v) is 7.50. The Hall–Kier alpha value is -2.40. The maximum Gasteiger partial charge on any atom is 0.255 e. The first kappa shape index (κ1) is 20.3. The van der Waals surface area contributed by atoms with Crippen molar-refractivity contribution in [3.63, 3.8) is 0 Å². The summed E-state index contributed by atoms with van der Waals surface area (Å²) in [6.45, 7) is 6.85. The van der Waals surface area contributed by atoms with E-state index in [1.54, 1.807) is 19.5 Å². The predicted molar refractivity (Wildman–Crippen MR) is 112 cm³/mol. The summed E-state index contributed by atoms with van der Waals surface area (Å²) in [5.41, 5.74) is 1.98. The van der Waals surface area contributed by atoms with E-state index in [9.17, 15) is 4.79 Å². The van der Waals surface area contributed by atoms with Crippen LogP contribution in [0.3, 0.4) is 0 Å². The number of amides is 1. The highest BCUT2D eigenvalue weighted by atomic mass is 16.5. The maximum atomic E-state index is 12.8. The lowest BCUT2D eigenvalue weighted by molar-refractivity contribution is 0.0690. The molecular weight excluding hydrogens is 350 g/mol. The maximum absolute atomic E-state index is 12.8. The van der Waals surface area contributed by atoms with Crippen molar-refractivity contribution in [1.29, 1.82) is 0 Å². The van der Waals surface area contributed by atoms with Crippen molar-refractivity contribution in [2.24, 2.45) is 5.92 Å². The van der Waals surface area contributed by atoms with Crippen molar-refractivity contribution < 1.29 is 9.53 Å². The van der Waals surface area contributed by atoms with Gasteiger partial charge in [0.2, 0.25) is 0 Å². The van der Waals surface area contributed by atoms with Crippen LogP contribution in [0, 0.1) is 5.92 Å². The number of hydrogen-bond acceptors (Lipinski definition) is 4. The number of benzene rings is 1. The number of aromatic nitrogens is 1. The number of pyridine rings is 1. The monoisotopic (exact) mass is 381 g/mol. The molecule has 0 N–H and O–H groups in total. The molecule has 2 heterocycles. The van der Waals surface area contributed by atoms with Crippen molar-refractivity contribution in [3.8, 4) is 5.75 Å². The smallest absolute Gasteiger partial charge is 0.255 e. The Morgan fingerprint density at radius 2 is 2.21 bits per heavy atom. The fraction of sp³-hybridized carbons (Fsp3) is 0.478. The highest BCUT2D eigenvalue weighted by Crippen LogP contribution is 2.20. The van der Waals surface area contributed by atoms with Crippen LogP contribution in [0.15, 0.2) is 48.8 Å². The van der Waals surface area contributed by atoms with Gasteiger partial charge in [0.05, 0.1) is 12.7 Å². The van der Waals surface area contributed by atoms with Crippen molar-refractivity contribution >= 4 is 5.91 Å². The van der Waals surface area contributed by atoms with Crippen molar-refractivity contribution in [2.75, 3.05) is 39.8 Å². The van der Waals surface area contributed by atoms with E-state index in [1.165, 1.54) is 18.4 Å². The molecule has 1 aliphatic heterocycles. The molecular formula is C23H31N3O2. The summed E-state index contributed by atoms with van der Waals surface area (Å²) in [7, 11) is 1.71. The molecule has 28 heavy (non-hydrogen) atoms. The van der Waals surface area contributed by atoms with Crippen LogP contribution < -0.4 is 4.74 Å². The second-order valence-electron chi connectivity index (χ2n) is 7.50. The minimum atomic E-state index is 0.0871. The van der Waals surface area contributed by atoms with Gasteiger partial charge < -0.3 is 14.5 Å². The van der Waals surface area contributed by atoms with E-state index in [0.717, 1.165) is 44.9 Å². The highest BCUT2D eigenvalue weighted by Gasteiger charge is 2.24. The van der Waals surface area contributed by atoms with Crippen LogP contribution in [-0.2, 0) is 6.42 Å². The zero-order chi connectivity index (χ0) is 19.8. The molecule has 150 valence electrons. The molecule has 1 aromatic heterocycles. The third kappa shape index (κ3) is 5.55. The van der Waals surface area contributed by atoms with Gasteiger partial charge in [0, 0.05) is 38.6 Å². The van der Waals surface area contributed by atoms with Crippen LogP contribution in [0.1, 0.15) is 35.7 Å². The molecule has 1 amide bonds. The van der Waals surface area contributed by atoms with Gasteiger partial charge in [-0.2, -0.15) is 0 Å². The van der Waals surface area contributed by atoms with E-state index >= 15 is 0 Å². The number of methoxy groups -OCH3 is 1. The summed E-state index contributed by atoms with van der Waals surface area (Å²) in [5.74, 6) is 1.53. The number of likely N-dealkylation sites (tertiary alicyclic amines) is 1. The summed E-state index contributed by atoms with van der Waals surface area (Å²) >= 11 is 0. The fourth-order valence-corrected chi connectivity index (χ4v) is 3.96. The topological polar surface area (TPSA) is 45.7 Å². The van der Waals surface area contributed by atoms with Crippen LogP contribution in [0.4, 0.5) is 0 Å². The third-order valence-electron chi connectivity index (χ3n) is 5.51. The first-order chi connectivity index (χ1) is 13.7. The molecule has 1 aliphatic rings. The summed E-state index contributed by atoms with van der Waals surface area (Å²) in [4.78, 5) is 21.3. The number of ether oxygens (including phenoxy) is 1. The van der Waals surface area contributed by atoms with Crippen LogP contribution in [0.2, 0.25) is 0 Å². The standard InChI is InChI=1S/C23H31N3O2/c1-3-26(23(27)21-9-5-12-24-16-21)18-20-8-6-13-25(17-20)14-11-19-7-4-10-22(15-19)28-2/h4-5,7,9-10,12,15-16,20H,3,6,8,11,13-14,17-18H2,1-2H3/t20-/m0/s1. The number of piperidine rings is 1. The zero-order valence-corrected chi connectivity index (χ0v) is 17.0. The van der Waals surface area contributed by atoms with E-state index in [0.29, 0.717) is 11.5 Å². The number of nitrogens with zero attached hydrogens (tertiary/aromatic N) is 3.